The zero-order valence-electron chi connectivity index (χ0n) is 12.6. The quantitative estimate of drug-likeness (QED) is 0.634. The highest BCUT2D eigenvalue weighted by molar-refractivity contribution is 7.13. The molecule has 0 fully saturated rings. The van der Waals surface area contributed by atoms with Crippen molar-refractivity contribution in [1.82, 2.24) is 14.8 Å². The number of thiazole rings is 1. The van der Waals surface area contributed by atoms with E-state index in [9.17, 15) is 17.6 Å². The Morgan fingerprint density at radius 1 is 1.17 bits per heavy atom. The van der Waals surface area contributed by atoms with Crippen molar-refractivity contribution in [3.8, 4) is 10.7 Å². The molecule has 3 aromatic rings. The van der Waals surface area contributed by atoms with E-state index in [1.807, 2.05) is 0 Å². The van der Waals surface area contributed by atoms with Gasteiger partial charge < -0.3 is 0 Å². The first-order chi connectivity index (χ1) is 11.3. The van der Waals surface area contributed by atoms with Gasteiger partial charge in [0.15, 0.2) is 0 Å². The Hall–Kier alpha value is -2.22. The van der Waals surface area contributed by atoms with Crippen molar-refractivity contribution in [3.63, 3.8) is 0 Å². The largest absolute Gasteiger partial charge is 0.433 e. The maximum absolute atomic E-state index is 13.2. The predicted octanol–water partition coefficient (Wildman–Crippen LogP) is 4.72. The van der Waals surface area contributed by atoms with E-state index in [0.717, 1.165) is 22.0 Å². The molecule has 0 atom stereocenters. The first-order valence-corrected chi connectivity index (χ1v) is 8.03. The molecule has 0 aliphatic rings. The standard InChI is InChI=1S/C16H13F4N3S/c1-10-9-24-15(21-10)13-8-14(16(18,19)20)23(22-13)7-6-11-2-4-12(17)5-3-11/h2-5,8-9H,6-7H2,1H3. The van der Waals surface area contributed by atoms with Crippen LogP contribution in [0.2, 0.25) is 0 Å². The molecule has 2 heterocycles. The Morgan fingerprint density at radius 3 is 2.46 bits per heavy atom. The van der Waals surface area contributed by atoms with E-state index >= 15 is 0 Å². The van der Waals surface area contributed by atoms with E-state index in [0.29, 0.717) is 11.4 Å². The molecular formula is C16H13F4N3S. The van der Waals surface area contributed by atoms with Crippen LogP contribution in [0.3, 0.4) is 0 Å². The highest BCUT2D eigenvalue weighted by Crippen LogP contribution is 2.33. The van der Waals surface area contributed by atoms with Crippen LogP contribution in [-0.4, -0.2) is 14.8 Å². The summed E-state index contributed by atoms with van der Waals surface area (Å²) in [6.07, 6.45) is -4.18. The van der Waals surface area contributed by atoms with Crippen LogP contribution in [0.4, 0.5) is 17.6 Å². The zero-order valence-corrected chi connectivity index (χ0v) is 13.5. The van der Waals surface area contributed by atoms with Crippen LogP contribution in [0.15, 0.2) is 35.7 Å². The van der Waals surface area contributed by atoms with Gasteiger partial charge in [-0.25, -0.2) is 9.37 Å². The molecule has 126 valence electrons. The fourth-order valence-electron chi connectivity index (χ4n) is 2.28. The number of hydrogen-bond acceptors (Lipinski definition) is 3. The maximum atomic E-state index is 13.2. The summed E-state index contributed by atoms with van der Waals surface area (Å²) in [5.41, 5.74) is 0.878. The van der Waals surface area contributed by atoms with Gasteiger partial charge in [0.05, 0.1) is 0 Å². The lowest BCUT2D eigenvalue weighted by molar-refractivity contribution is -0.144. The van der Waals surface area contributed by atoms with E-state index in [-0.39, 0.29) is 18.1 Å². The van der Waals surface area contributed by atoms with E-state index in [2.05, 4.69) is 10.1 Å². The summed E-state index contributed by atoms with van der Waals surface area (Å²) < 4.78 is 53.5. The summed E-state index contributed by atoms with van der Waals surface area (Å²) in [5, 5.41) is 6.28. The Labute approximate surface area is 139 Å². The third-order valence-corrected chi connectivity index (χ3v) is 4.42. The van der Waals surface area contributed by atoms with Crippen molar-refractivity contribution >= 4 is 11.3 Å². The number of aromatic nitrogens is 3. The molecule has 2 aromatic heterocycles. The fraction of sp³-hybridized carbons (Fsp3) is 0.250. The first kappa shape index (κ1) is 16.6. The summed E-state index contributed by atoms with van der Waals surface area (Å²) in [5.74, 6) is -0.379. The second kappa shape index (κ2) is 6.35. The Bertz CT molecular complexity index is 834. The highest BCUT2D eigenvalue weighted by Gasteiger charge is 2.36. The molecule has 0 bridgehead atoms. The van der Waals surface area contributed by atoms with Crippen molar-refractivity contribution < 1.29 is 17.6 Å². The first-order valence-electron chi connectivity index (χ1n) is 7.15. The number of rotatable bonds is 4. The molecule has 1 aromatic carbocycles. The van der Waals surface area contributed by atoms with Gasteiger partial charge in [-0.1, -0.05) is 12.1 Å². The number of benzene rings is 1. The SMILES string of the molecule is Cc1csc(-c2cc(C(F)(F)F)n(CCc3ccc(F)cc3)n2)n1. The summed E-state index contributed by atoms with van der Waals surface area (Å²) in [6, 6.07) is 6.69. The molecule has 0 saturated heterocycles. The molecule has 3 nitrogen and oxygen atoms in total. The second-order valence-corrected chi connectivity index (χ2v) is 6.16. The third kappa shape index (κ3) is 3.64. The van der Waals surface area contributed by atoms with Crippen molar-refractivity contribution in [2.45, 2.75) is 26.1 Å². The smallest absolute Gasteiger partial charge is 0.259 e. The number of alkyl halides is 3. The summed E-state index contributed by atoms with van der Waals surface area (Å²) in [4.78, 5) is 4.18. The van der Waals surface area contributed by atoms with Crippen LogP contribution in [-0.2, 0) is 19.1 Å². The number of aryl methyl sites for hydroxylation is 3. The van der Waals surface area contributed by atoms with Crippen LogP contribution in [0.5, 0.6) is 0 Å². The lowest BCUT2D eigenvalue weighted by Crippen LogP contribution is -2.15. The minimum absolute atomic E-state index is 0.0465. The van der Waals surface area contributed by atoms with Gasteiger partial charge in [-0.15, -0.1) is 11.3 Å². The average Bonchev–Trinajstić information content (AvgIpc) is 3.12. The number of hydrogen-bond donors (Lipinski definition) is 0. The molecule has 0 amide bonds. The third-order valence-electron chi connectivity index (χ3n) is 3.43. The van der Waals surface area contributed by atoms with Crippen molar-refractivity contribution in [2.75, 3.05) is 0 Å². The summed E-state index contributed by atoms with van der Waals surface area (Å²) in [6.45, 7) is 1.82. The summed E-state index contributed by atoms with van der Waals surface area (Å²) in [7, 11) is 0. The van der Waals surface area contributed by atoms with Gasteiger partial charge in [-0.05, 0) is 37.1 Å². The van der Waals surface area contributed by atoms with Gasteiger partial charge in [0.25, 0.3) is 0 Å². The molecule has 24 heavy (non-hydrogen) atoms. The molecule has 0 aliphatic carbocycles. The van der Waals surface area contributed by atoms with Crippen molar-refractivity contribution in [1.29, 1.82) is 0 Å². The summed E-state index contributed by atoms with van der Waals surface area (Å²) >= 11 is 1.26. The van der Waals surface area contributed by atoms with Gasteiger partial charge in [0, 0.05) is 17.6 Å². The topological polar surface area (TPSA) is 30.7 Å². The van der Waals surface area contributed by atoms with Crippen LogP contribution >= 0.6 is 11.3 Å². The molecule has 0 aliphatic heterocycles. The van der Waals surface area contributed by atoms with E-state index in [1.165, 1.54) is 23.5 Å². The zero-order chi connectivity index (χ0) is 17.3. The molecule has 0 radical (unpaired) electrons. The van der Waals surface area contributed by atoms with E-state index in [4.69, 9.17) is 0 Å². The highest BCUT2D eigenvalue weighted by atomic mass is 32.1. The molecule has 0 spiro atoms. The maximum Gasteiger partial charge on any atom is 0.433 e. The lowest BCUT2D eigenvalue weighted by atomic mass is 10.1. The second-order valence-electron chi connectivity index (χ2n) is 5.31. The Balaban J connectivity index is 1.87. The van der Waals surface area contributed by atoms with Crippen LogP contribution in [0.25, 0.3) is 10.7 Å². The normalized spacial score (nSPS) is 11.9. The van der Waals surface area contributed by atoms with Gasteiger partial charge >= 0.3 is 6.18 Å². The van der Waals surface area contributed by atoms with Crippen LogP contribution < -0.4 is 0 Å². The lowest BCUT2D eigenvalue weighted by Gasteiger charge is -2.10. The minimum Gasteiger partial charge on any atom is -0.259 e. The minimum atomic E-state index is -4.50. The predicted molar refractivity (Wildman–Crippen MR) is 83.2 cm³/mol. The van der Waals surface area contributed by atoms with Gasteiger partial charge in [-0.2, -0.15) is 18.3 Å². The van der Waals surface area contributed by atoms with Gasteiger partial charge in [0.2, 0.25) is 0 Å². The Kier molecular flexibility index (Phi) is 4.40. The van der Waals surface area contributed by atoms with E-state index < -0.39 is 11.9 Å². The molecule has 8 heteroatoms. The number of nitrogens with zero attached hydrogens (tertiary/aromatic N) is 3. The van der Waals surface area contributed by atoms with Gasteiger partial charge in [-0.3, -0.25) is 4.68 Å². The molecule has 3 rings (SSSR count). The molecule has 0 unspecified atom stereocenters. The molecule has 0 N–H and O–H groups in total. The van der Waals surface area contributed by atoms with Crippen molar-refractivity contribution in [2.24, 2.45) is 0 Å². The van der Waals surface area contributed by atoms with Gasteiger partial charge in [0.1, 0.15) is 22.2 Å². The van der Waals surface area contributed by atoms with E-state index in [1.54, 1.807) is 24.4 Å². The Morgan fingerprint density at radius 2 is 1.88 bits per heavy atom. The van der Waals surface area contributed by atoms with Crippen LogP contribution in [0, 0.1) is 12.7 Å². The number of halogens is 4. The fourth-order valence-corrected chi connectivity index (χ4v) is 3.03. The van der Waals surface area contributed by atoms with Crippen molar-refractivity contribution in [3.05, 3.63) is 58.5 Å². The van der Waals surface area contributed by atoms with Crippen LogP contribution in [0.1, 0.15) is 17.0 Å². The molecule has 0 saturated carbocycles. The monoisotopic (exact) mass is 355 g/mol. The average molecular weight is 355 g/mol. The molecular weight excluding hydrogens is 342 g/mol.